The third kappa shape index (κ3) is 3.27. The van der Waals surface area contributed by atoms with Crippen LogP contribution in [0.4, 0.5) is 4.79 Å². The van der Waals surface area contributed by atoms with Crippen molar-refractivity contribution in [3.63, 3.8) is 0 Å². The zero-order valence-electron chi connectivity index (χ0n) is 9.57. The molecule has 0 aromatic rings. The number of hydrogen-bond donors (Lipinski definition) is 1. The molecule has 1 rings (SSSR count). The number of alkyl halides is 1. The van der Waals surface area contributed by atoms with Crippen molar-refractivity contribution in [2.45, 2.75) is 44.2 Å². The Morgan fingerprint density at radius 2 is 2.00 bits per heavy atom. The molecule has 0 aromatic carbocycles. The summed E-state index contributed by atoms with van der Waals surface area (Å²) in [6, 6.07) is -0.877. The molecule has 0 radical (unpaired) electrons. The molecule has 1 aliphatic rings. The highest BCUT2D eigenvalue weighted by Gasteiger charge is 2.40. The van der Waals surface area contributed by atoms with Crippen molar-refractivity contribution in [2.24, 2.45) is 0 Å². The van der Waals surface area contributed by atoms with Gasteiger partial charge in [0.1, 0.15) is 11.6 Å². The quantitative estimate of drug-likeness (QED) is 0.718. The Kier molecular flexibility index (Phi) is 3.68. The van der Waals surface area contributed by atoms with E-state index in [1.54, 1.807) is 20.8 Å². The van der Waals surface area contributed by atoms with Crippen molar-refractivity contribution in [1.29, 1.82) is 0 Å². The second-order valence-electron chi connectivity index (χ2n) is 4.82. The van der Waals surface area contributed by atoms with Gasteiger partial charge in [-0.1, -0.05) is 0 Å². The van der Waals surface area contributed by atoms with Gasteiger partial charge in [-0.2, -0.15) is 0 Å². The maximum Gasteiger partial charge on any atom is 0.411 e. The number of nitrogens with zero attached hydrogens (tertiary/aromatic N) is 1. The van der Waals surface area contributed by atoms with Crippen molar-refractivity contribution in [1.82, 2.24) is 4.90 Å². The Bertz CT molecular complexity index is 300. The predicted octanol–water partition coefficient (Wildman–Crippen LogP) is 1.69. The summed E-state index contributed by atoms with van der Waals surface area (Å²) >= 11 is 5.85. The summed E-state index contributed by atoms with van der Waals surface area (Å²) in [4.78, 5) is 23.8. The fourth-order valence-corrected chi connectivity index (χ4v) is 1.86. The van der Waals surface area contributed by atoms with Gasteiger partial charge in [0.2, 0.25) is 0 Å². The maximum atomic E-state index is 11.7. The molecular weight excluding hydrogens is 234 g/mol. The number of amides is 1. The number of carboxylic acid groups (broad SMARTS) is 1. The first-order valence-electron chi connectivity index (χ1n) is 5.07. The van der Waals surface area contributed by atoms with Crippen molar-refractivity contribution in [3.8, 4) is 0 Å². The summed E-state index contributed by atoms with van der Waals surface area (Å²) in [6.45, 7) is 5.41. The van der Waals surface area contributed by atoms with Crippen molar-refractivity contribution in [2.75, 3.05) is 6.54 Å². The Morgan fingerprint density at radius 3 is 2.44 bits per heavy atom. The molecule has 1 aliphatic heterocycles. The average molecular weight is 250 g/mol. The van der Waals surface area contributed by atoms with Crippen LogP contribution in [0.2, 0.25) is 0 Å². The normalized spacial score (nSPS) is 25.6. The van der Waals surface area contributed by atoms with E-state index in [1.807, 2.05) is 0 Å². The van der Waals surface area contributed by atoms with Crippen LogP contribution in [0.15, 0.2) is 0 Å². The molecule has 1 amide bonds. The Morgan fingerprint density at radius 1 is 1.44 bits per heavy atom. The van der Waals surface area contributed by atoms with E-state index in [0.717, 1.165) is 0 Å². The summed E-state index contributed by atoms with van der Waals surface area (Å²) in [5.41, 5.74) is -0.634. The minimum atomic E-state index is -1.05. The predicted molar refractivity (Wildman–Crippen MR) is 58.6 cm³/mol. The molecule has 0 aliphatic carbocycles. The van der Waals surface area contributed by atoms with Gasteiger partial charge in [-0.3, -0.25) is 4.90 Å². The van der Waals surface area contributed by atoms with Crippen LogP contribution in [0, 0.1) is 0 Å². The second-order valence-corrected chi connectivity index (χ2v) is 5.44. The molecule has 2 atom stereocenters. The van der Waals surface area contributed by atoms with E-state index >= 15 is 0 Å². The van der Waals surface area contributed by atoms with Gasteiger partial charge in [0.15, 0.2) is 0 Å². The molecule has 0 unspecified atom stereocenters. The lowest BCUT2D eigenvalue weighted by Crippen LogP contribution is -2.43. The van der Waals surface area contributed by atoms with Crippen LogP contribution in [-0.2, 0) is 9.53 Å². The third-order valence-corrected chi connectivity index (χ3v) is 2.48. The molecule has 1 N–H and O–H groups in total. The smallest absolute Gasteiger partial charge is 0.411 e. The van der Waals surface area contributed by atoms with Gasteiger partial charge < -0.3 is 9.84 Å². The lowest BCUT2D eigenvalue weighted by Gasteiger charge is -2.26. The van der Waals surface area contributed by atoms with Gasteiger partial charge >= 0.3 is 12.1 Å². The highest BCUT2D eigenvalue weighted by Crippen LogP contribution is 2.24. The van der Waals surface area contributed by atoms with Crippen LogP contribution in [0.25, 0.3) is 0 Å². The molecule has 92 valence electrons. The summed E-state index contributed by atoms with van der Waals surface area (Å²) in [5.74, 6) is -1.05. The summed E-state index contributed by atoms with van der Waals surface area (Å²) in [7, 11) is 0. The molecule has 0 spiro atoms. The van der Waals surface area contributed by atoms with Gasteiger partial charge in [0.05, 0.1) is 5.38 Å². The number of carboxylic acids is 1. The third-order valence-electron chi connectivity index (χ3n) is 2.16. The second kappa shape index (κ2) is 4.49. The number of likely N-dealkylation sites (tertiary alicyclic amines) is 1. The lowest BCUT2D eigenvalue weighted by molar-refractivity contribution is -0.142. The van der Waals surface area contributed by atoms with Gasteiger partial charge in [-0.25, -0.2) is 9.59 Å². The summed E-state index contributed by atoms with van der Waals surface area (Å²) in [5, 5.41) is 8.62. The number of aliphatic carboxylic acids is 1. The number of hydrogen-bond acceptors (Lipinski definition) is 3. The van der Waals surface area contributed by atoms with E-state index < -0.39 is 23.7 Å². The van der Waals surface area contributed by atoms with Crippen LogP contribution in [0.5, 0.6) is 0 Å². The molecule has 0 saturated carbocycles. The van der Waals surface area contributed by atoms with Gasteiger partial charge in [-0.05, 0) is 27.2 Å². The fraction of sp³-hybridized carbons (Fsp3) is 0.800. The fourth-order valence-electron chi connectivity index (χ4n) is 1.54. The first-order valence-corrected chi connectivity index (χ1v) is 5.51. The molecular formula is C10H16ClNO4. The van der Waals surface area contributed by atoms with E-state index in [1.165, 1.54) is 4.90 Å². The van der Waals surface area contributed by atoms with E-state index in [2.05, 4.69) is 0 Å². The van der Waals surface area contributed by atoms with E-state index in [9.17, 15) is 9.59 Å². The number of ether oxygens (including phenoxy) is 1. The van der Waals surface area contributed by atoms with Crippen LogP contribution in [0.1, 0.15) is 27.2 Å². The van der Waals surface area contributed by atoms with E-state index in [0.29, 0.717) is 0 Å². The van der Waals surface area contributed by atoms with Gasteiger partial charge in [0.25, 0.3) is 0 Å². The highest BCUT2D eigenvalue weighted by atomic mass is 35.5. The van der Waals surface area contributed by atoms with Gasteiger partial charge in [-0.15, -0.1) is 11.6 Å². The standard InChI is InChI=1S/C10H16ClNO4/c1-10(2,3)16-9(15)12-5-6(11)4-7(12)8(13)14/h6-7H,4-5H2,1-3H3,(H,13,14)/t6-,7-/m0/s1. The summed E-state index contributed by atoms with van der Waals surface area (Å²) < 4.78 is 5.12. The molecule has 1 saturated heterocycles. The zero-order chi connectivity index (χ0) is 12.5. The van der Waals surface area contributed by atoms with E-state index in [-0.39, 0.29) is 18.3 Å². The number of carbonyl (C=O) groups excluding carboxylic acids is 1. The molecule has 5 nitrogen and oxygen atoms in total. The first-order chi connectivity index (χ1) is 7.20. The van der Waals surface area contributed by atoms with Crippen LogP contribution in [-0.4, -0.2) is 45.6 Å². The topological polar surface area (TPSA) is 66.8 Å². The molecule has 0 aromatic heterocycles. The van der Waals surface area contributed by atoms with E-state index in [4.69, 9.17) is 21.4 Å². The minimum absolute atomic E-state index is 0.216. The molecule has 0 bridgehead atoms. The molecule has 6 heteroatoms. The highest BCUT2D eigenvalue weighted by molar-refractivity contribution is 6.21. The molecule has 1 heterocycles. The first kappa shape index (κ1) is 13.1. The van der Waals surface area contributed by atoms with Crippen molar-refractivity contribution >= 4 is 23.7 Å². The number of carbonyl (C=O) groups is 2. The largest absolute Gasteiger partial charge is 0.480 e. The monoisotopic (exact) mass is 249 g/mol. The van der Waals surface area contributed by atoms with Crippen molar-refractivity contribution < 1.29 is 19.4 Å². The van der Waals surface area contributed by atoms with Crippen LogP contribution in [0.3, 0.4) is 0 Å². The summed E-state index contributed by atoms with van der Waals surface area (Å²) in [6.07, 6.45) is -0.362. The average Bonchev–Trinajstić information content (AvgIpc) is 2.44. The van der Waals surface area contributed by atoms with Crippen molar-refractivity contribution in [3.05, 3.63) is 0 Å². The number of halogens is 1. The van der Waals surface area contributed by atoms with Gasteiger partial charge in [0, 0.05) is 6.54 Å². The van der Waals surface area contributed by atoms with Crippen LogP contribution < -0.4 is 0 Å². The minimum Gasteiger partial charge on any atom is -0.480 e. The molecule has 1 fully saturated rings. The SMILES string of the molecule is CC(C)(C)OC(=O)N1C[C@@H](Cl)C[C@H]1C(=O)O. The Hall–Kier alpha value is -0.970. The van der Waals surface area contributed by atoms with Crippen LogP contribution >= 0.6 is 11.6 Å². The Labute approximate surface area is 99.3 Å². The zero-order valence-corrected chi connectivity index (χ0v) is 10.3. The maximum absolute atomic E-state index is 11.7. The molecule has 16 heavy (non-hydrogen) atoms. The Balaban J connectivity index is 2.71. The number of rotatable bonds is 1. The lowest BCUT2D eigenvalue weighted by atomic mass is 10.2.